The molecule has 0 radical (unpaired) electrons. The van der Waals surface area contributed by atoms with E-state index in [1.54, 1.807) is 11.3 Å². The molecule has 1 aliphatic carbocycles. The van der Waals surface area contributed by atoms with E-state index in [0.29, 0.717) is 6.04 Å². The van der Waals surface area contributed by atoms with Crippen LogP contribution in [0.1, 0.15) is 47.7 Å². The number of nitrogens with one attached hydrogen (secondary N) is 2. The molecule has 0 unspecified atom stereocenters. The quantitative estimate of drug-likeness (QED) is 0.661. The predicted octanol–water partition coefficient (Wildman–Crippen LogP) is 2.76. The van der Waals surface area contributed by atoms with Gasteiger partial charge in [0.25, 0.3) is 0 Å². The average Bonchev–Trinajstić information content (AvgIpc) is 2.74. The molecule has 19 heavy (non-hydrogen) atoms. The van der Waals surface area contributed by atoms with Crippen molar-refractivity contribution in [1.82, 2.24) is 15.6 Å². The van der Waals surface area contributed by atoms with E-state index in [4.69, 9.17) is 0 Å². The van der Waals surface area contributed by atoms with Gasteiger partial charge in [-0.25, -0.2) is 4.98 Å². The molecule has 0 spiro atoms. The van der Waals surface area contributed by atoms with Crippen LogP contribution >= 0.6 is 11.3 Å². The van der Waals surface area contributed by atoms with Crippen LogP contribution in [-0.4, -0.2) is 24.0 Å². The fourth-order valence-corrected chi connectivity index (χ4v) is 3.41. The number of aromatic nitrogens is 1. The summed E-state index contributed by atoms with van der Waals surface area (Å²) >= 11 is 1.76. The van der Waals surface area contributed by atoms with Crippen LogP contribution in [0.5, 0.6) is 0 Å². The van der Waals surface area contributed by atoms with Gasteiger partial charge in [-0.15, -0.1) is 11.3 Å². The van der Waals surface area contributed by atoms with Gasteiger partial charge in [-0.2, -0.15) is 0 Å². The third-order valence-electron chi connectivity index (χ3n) is 3.59. The van der Waals surface area contributed by atoms with E-state index in [9.17, 15) is 0 Å². The topological polar surface area (TPSA) is 49.3 Å². The monoisotopic (exact) mass is 280 g/mol. The molecule has 5 heteroatoms. The number of hydrogen-bond acceptors (Lipinski definition) is 3. The first-order chi connectivity index (χ1) is 9.19. The maximum atomic E-state index is 4.45. The molecule has 1 aromatic rings. The van der Waals surface area contributed by atoms with Crippen LogP contribution < -0.4 is 10.6 Å². The molecule has 0 saturated heterocycles. The van der Waals surface area contributed by atoms with Gasteiger partial charge in [-0.1, -0.05) is 19.3 Å². The summed E-state index contributed by atoms with van der Waals surface area (Å²) in [5, 5.41) is 8.05. The van der Waals surface area contributed by atoms with Crippen LogP contribution in [0.2, 0.25) is 0 Å². The minimum Gasteiger partial charge on any atom is -0.354 e. The van der Waals surface area contributed by atoms with Crippen molar-refractivity contribution in [3.63, 3.8) is 0 Å². The standard InChI is InChI=1S/C14H24N4S/c1-10-13(19-11(2)17-10)9-16-14(15-3)18-12-7-5-4-6-8-12/h12H,4-9H2,1-3H3,(H2,15,16,18). The largest absolute Gasteiger partial charge is 0.354 e. The van der Waals surface area contributed by atoms with E-state index >= 15 is 0 Å². The van der Waals surface area contributed by atoms with Crippen molar-refractivity contribution in [2.45, 2.75) is 58.5 Å². The first-order valence-corrected chi connectivity index (χ1v) is 7.91. The van der Waals surface area contributed by atoms with Gasteiger partial charge in [0.2, 0.25) is 0 Å². The highest BCUT2D eigenvalue weighted by Crippen LogP contribution is 2.18. The lowest BCUT2D eigenvalue weighted by atomic mass is 9.96. The summed E-state index contributed by atoms with van der Waals surface area (Å²) in [6.07, 6.45) is 6.58. The van der Waals surface area contributed by atoms with Gasteiger partial charge >= 0.3 is 0 Å². The Hall–Kier alpha value is -1.10. The van der Waals surface area contributed by atoms with Gasteiger partial charge in [0.1, 0.15) is 0 Å². The van der Waals surface area contributed by atoms with Gasteiger partial charge in [0.15, 0.2) is 5.96 Å². The predicted molar refractivity (Wildman–Crippen MR) is 81.8 cm³/mol. The average molecular weight is 280 g/mol. The van der Waals surface area contributed by atoms with Crippen molar-refractivity contribution in [3.05, 3.63) is 15.6 Å². The number of hydrogen-bond donors (Lipinski definition) is 2. The Kier molecular flexibility index (Phi) is 5.19. The summed E-state index contributed by atoms with van der Waals surface area (Å²) < 4.78 is 0. The van der Waals surface area contributed by atoms with E-state index in [2.05, 4.69) is 34.5 Å². The maximum absolute atomic E-state index is 4.45. The van der Waals surface area contributed by atoms with Crippen molar-refractivity contribution < 1.29 is 0 Å². The van der Waals surface area contributed by atoms with Crippen molar-refractivity contribution >= 4 is 17.3 Å². The van der Waals surface area contributed by atoms with E-state index in [1.807, 2.05) is 7.05 Å². The zero-order chi connectivity index (χ0) is 13.7. The molecule has 1 heterocycles. The molecule has 0 aromatic carbocycles. The molecule has 0 atom stereocenters. The number of aliphatic imine (C=N–C) groups is 1. The summed E-state index contributed by atoms with van der Waals surface area (Å²) in [6, 6.07) is 0.587. The lowest BCUT2D eigenvalue weighted by Gasteiger charge is -2.24. The summed E-state index contributed by atoms with van der Waals surface area (Å²) in [4.78, 5) is 10.1. The van der Waals surface area contributed by atoms with Gasteiger partial charge in [-0.05, 0) is 26.7 Å². The smallest absolute Gasteiger partial charge is 0.191 e. The van der Waals surface area contributed by atoms with Crippen LogP contribution in [0.25, 0.3) is 0 Å². The molecule has 1 saturated carbocycles. The van der Waals surface area contributed by atoms with Crippen molar-refractivity contribution in [3.8, 4) is 0 Å². The molecule has 1 aromatic heterocycles. The van der Waals surface area contributed by atoms with E-state index in [1.165, 1.54) is 37.0 Å². The van der Waals surface area contributed by atoms with E-state index in [-0.39, 0.29) is 0 Å². The molecule has 0 amide bonds. The lowest BCUT2D eigenvalue weighted by Crippen LogP contribution is -2.43. The number of aryl methyl sites for hydroxylation is 2. The third kappa shape index (κ3) is 4.20. The van der Waals surface area contributed by atoms with Crippen molar-refractivity contribution in [2.75, 3.05) is 7.05 Å². The normalized spacial score (nSPS) is 17.5. The van der Waals surface area contributed by atoms with Gasteiger partial charge in [0.05, 0.1) is 17.2 Å². The van der Waals surface area contributed by atoms with Crippen molar-refractivity contribution in [2.24, 2.45) is 4.99 Å². The second-order valence-electron chi connectivity index (χ2n) is 5.15. The highest BCUT2D eigenvalue weighted by Gasteiger charge is 2.14. The minimum atomic E-state index is 0.587. The van der Waals surface area contributed by atoms with Crippen LogP contribution in [0.4, 0.5) is 0 Å². The van der Waals surface area contributed by atoms with Gasteiger partial charge in [-0.3, -0.25) is 4.99 Å². The highest BCUT2D eigenvalue weighted by atomic mass is 32.1. The summed E-state index contributed by atoms with van der Waals surface area (Å²) in [5.41, 5.74) is 1.13. The van der Waals surface area contributed by atoms with E-state index < -0.39 is 0 Å². The summed E-state index contributed by atoms with van der Waals surface area (Å²) in [7, 11) is 1.84. The number of nitrogens with zero attached hydrogens (tertiary/aromatic N) is 2. The summed E-state index contributed by atoms with van der Waals surface area (Å²) in [5.74, 6) is 0.914. The Morgan fingerprint density at radius 3 is 2.63 bits per heavy atom. The number of guanidine groups is 1. The first-order valence-electron chi connectivity index (χ1n) is 7.09. The Morgan fingerprint density at radius 1 is 1.32 bits per heavy atom. The number of rotatable bonds is 3. The van der Waals surface area contributed by atoms with Crippen LogP contribution in [0, 0.1) is 13.8 Å². The molecule has 106 valence electrons. The van der Waals surface area contributed by atoms with Crippen LogP contribution in [-0.2, 0) is 6.54 Å². The zero-order valence-electron chi connectivity index (χ0n) is 12.1. The van der Waals surface area contributed by atoms with Crippen LogP contribution in [0.3, 0.4) is 0 Å². The van der Waals surface area contributed by atoms with E-state index in [0.717, 1.165) is 23.2 Å². The molecule has 2 rings (SSSR count). The fraction of sp³-hybridized carbons (Fsp3) is 0.714. The Labute approximate surface area is 119 Å². The second kappa shape index (κ2) is 6.89. The Morgan fingerprint density at radius 2 is 2.05 bits per heavy atom. The number of thiazole rings is 1. The van der Waals surface area contributed by atoms with Crippen LogP contribution in [0.15, 0.2) is 4.99 Å². The molecule has 1 fully saturated rings. The molecule has 4 nitrogen and oxygen atoms in total. The lowest BCUT2D eigenvalue weighted by molar-refractivity contribution is 0.410. The van der Waals surface area contributed by atoms with Crippen molar-refractivity contribution in [1.29, 1.82) is 0 Å². The van der Waals surface area contributed by atoms with Gasteiger partial charge in [0, 0.05) is 18.0 Å². The molecular formula is C14H24N4S. The molecule has 1 aliphatic rings. The summed E-state index contributed by atoms with van der Waals surface area (Å²) in [6.45, 7) is 4.93. The maximum Gasteiger partial charge on any atom is 0.191 e. The minimum absolute atomic E-state index is 0.587. The zero-order valence-corrected chi connectivity index (χ0v) is 12.9. The van der Waals surface area contributed by atoms with Gasteiger partial charge < -0.3 is 10.6 Å². The first kappa shape index (κ1) is 14.3. The molecule has 0 bridgehead atoms. The molecule has 2 N–H and O–H groups in total. The molecular weight excluding hydrogens is 256 g/mol. The SMILES string of the molecule is CN=C(NCc1sc(C)nc1C)NC1CCCCC1. The third-order valence-corrected chi connectivity index (χ3v) is 4.66. The Bertz CT molecular complexity index is 433. The molecule has 0 aliphatic heterocycles. The highest BCUT2D eigenvalue weighted by molar-refractivity contribution is 7.11. The fourth-order valence-electron chi connectivity index (χ4n) is 2.54. The second-order valence-corrected chi connectivity index (χ2v) is 6.43. The Balaban J connectivity index is 1.84.